The first kappa shape index (κ1) is 37.4. The van der Waals surface area contributed by atoms with Crippen LogP contribution in [0.1, 0.15) is 114 Å². The molecule has 4 saturated heterocycles. The van der Waals surface area contributed by atoms with Gasteiger partial charge >= 0.3 is 0 Å². The van der Waals surface area contributed by atoms with Crippen LogP contribution in [0.3, 0.4) is 0 Å². The number of ketones is 2. The van der Waals surface area contributed by atoms with Gasteiger partial charge in [-0.3, -0.25) is 14.4 Å². The summed E-state index contributed by atoms with van der Waals surface area (Å²) in [4.78, 5) is 47.7. The number of epoxide rings is 2. The molecule has 5 aliphatic rings. The second-order valence-electron chi connectivity index (χ2n) is 16.9. The molecular formula is C41H50N2O11. The lowest BCUT2D eigenvalue weighted by atomic mass is 9.74. The van der Waals surface area contributed by atoms with E-state index in [1.54, 1.807) is 33.8 Å². The zero-order valence-electron chi connectivity index (χ0n) is 32.4. The van der Waals surface area contributed by atoms with Crippen molar-refractivity contribution >= 4 is 22.5 Å². The second kappa shape index (κ2) is 12.5. The summed E-state index contributed by atoms with van der Waals surface area (Å²) in [5.41, 5.74) is -1.39. The molecule has 13 heteroatoms. The second-order valence-corrected chi connectivity index (χ2v) is 16.9. The molecule has 0 saturated carbocycles. The van der Waals surface area contributed by atoms with Gasteiger partial charge in [-0.2, -0.15) is 0 Å². The predicted octanol–water partition coefficient (Wildman–Crippen LogP) is 3.66. The maximum absolute atomic E-state index is 15.1. The highest BCUT2D eigenvalue weighted by Gasteiger charge is 2.66. The van der Waals surface area contributed by atoms with E-state index in [4.69, 9.17) is 23.4 Å². The van der Waals surface area contributed by atoms with E-state index >= 15 is 4.79 Å². The van der Waals surface area contributed by atoms with Gasteiger partial charge in [-0.15, -0.1) is 0 Å². The number of nitrogens with zero attached hydrogens (tertiary/aromatic N) is 2. The number of rotatable bonds is 6. The molecule has 8 rings (SSSR count). The van der Waals surface area contributed by atoms with E-state index in [2.05, 4.69) is 0 Å². The van der Waals surface area contributed by atoms with Gasteiger partial charge in [0.25, 0.3) is 0 Å². The fourth-order valence-corrected chi connectivity index (χ4v) is 9.24. The van der Waals surface area contributed by atoms with Crippen LogP contribution in [0.25, 0.3) is 11.0 Å². The molecule has 0 unspecified atom stereocenters. The van der Waals surface area contributed by atoms with Gasteiger partial charge in [0.15, 0.2) is 16.8 Å². The van der Waals surface area contributed by atoms with Gasteiger partial charge in [0.1, 0.15) is 29.3 Å². The zero-order valence-corrected chi connectivity index (χ0v) is 32.4. The molecule has 0 bridgehead atoms. The Hall–Kier alpha value is -3.53. The predicted molar refractivity (Wildman–Crippen MR) is 196 cm³/mol. The van der Waals surface area contributed by atoms with E-state index in [1.807, 2.05) is 51.8 Å². The van der Waals surface area contributed by atoms with Crippen molar-refractivity contribution in [1.82, 2.24) is 9.80 Å². The minimum absolute atomic E-state index is 0.00321. The van der Waals surface area contributed by atoms with Gasteiger partial charge in [0, 0.05) is 34.3 Å². The molecule has 0 amide bonds. The maximum atomic E-state index is 15.1. The SMILES string of the molecule is Cc1cc2c(c3oc([C@]4(C)O[C@H]4[C@@H]4O[C@H]4C)cc(=O)c13)C(=O)c1c(O)c([C@H]3C[C@](C)(N(C)C)[C@H](O)[C@@H](C)O3)cc([C@H]3C[C@@H](N(C)C)[C@H](O)[C@@H](C)O3)c1C2=O. The topological polar surface area (TPSA) is 175 Å². The number of aromatic hydroxyl groups is 1. The van der Waals surface area contributed by atoms with E-state index in [1.165, 1.54) is 12.1 Å². The molecule has 4 aliphatic heterocycles. The number of benzene rings is 2. The van der Waals surface area contributed by atoms with Crippen molar-refractivity contribution in [2.45, 2.75) is 127 Å². The molecule has 12 atom stereocenters. The number of fused-ring (bicyclic) bond motifs is 4. The smallest absolute Gasteiger partial charge is 0.202 e. The molecule has 0 radical (unpaired) electrons. The first-order chi connectivity index (χ1) is 25.3. The number of phenols is 1. The van der Waals surface area contributed by atoms with Crippen LogP contribution in [-0.2, 0) is 24.5 Å². The lowest BCUT2D eigenvalue weighted by Gasteiger charge is -2.49. The van der Waals surface area contributed by atoms with Crippen molar-refractivity contribution < 1.29 is 48.3 Å². The van der Waals surface area contributed by atoms with Gasteiger partial charge < -0.3 is 48.5 Å². The summed E-state index contributed by atoms with van der Waals surface area (Å²) in [6.45, 7) is 10.9. The Labute approximate surface area is 313 Å². The molecule has 54 heavy (non-hydrogen) atoms. The van der Waals surface area contributed by atoms with Crippen molar-refractivity contribution in [1.29, 1.82) is 0 Å². The Morgan fingerprint density at radius 1 is 0.815 bits per heavy atom. The Morgan fingerprint density at radius 3 is 2.11 bits per heavy atom. The molecule has 1 aromatic heterocycles. The van der Waals surface area contributed by atoms with Gasteiger partial charge in [-0.05, 0) is 106 Å². The van der Waals surface area contributed by atoms with Crippen LogP contribution in [-0.4, -0.2) is 119 Å². The van der Waals surface area contributed by atoms with E-state index in [9.17, 15) is 24.9 Å². The molecule has 0 spiro atoms. The number of aliphatic hydroxyl groups excluding tert-OH is 2. The van der Waals surface area contributed by atoms with E-state index in [0.717, 1.165) is 0 Å². The summed E-state index contributed by atoms with van der Waals surface area (Å²) < 4.78 is 30.9. The number of carbonyl (C=O) groups excluding carboxylic acids is 2. The Balaban J connectivity index is 1.34. The maximum Gasteiger partial charge on any atom is 0.202 e. The summed E-state index contributed by atoms with van der Waals surface area (Å²) in [7, 11) is 7.45. The van der Waals surface area contributed by atoms with Crippen molar-refractivity contribution in [2.75, 3.05) is 28.2 Å². The Bertz CT molecular complexity index is 2160. The van der Waals surface area contributed by atoms with Crippen molar-refractivity contribution in [2.24, 2.45) is 0 Å². The monoisotopic (exact) mass is 746 g/mol. The van der Waals surface area contributed by atoms with Crippen LogP contribution in [0, 0.1) is 6.92 Å². The number of carbonyl (C=O) groups is 2. The summed E-state index contributed by atoms with van der Waals surface area (Å²) in [5, 5.41) is 34.7. The first-order valence-corrected chi connectivity index (χ1v) is 18.7. The van der Waals surface area contributed by atoms with E-state index in [-0.39, 0.29) is 87.2 Å². The average molecular weight is 747 g/mol. The van der Waals surface area contributed by atoms with Crippen molar-refractivity contribution in [3.05, 3.63) is 73.1 Å². The van der Waals surface area contributed by atoms with Crippen molar-refractivity contribution in [3.8, 4) is 5.75 Å². The molecule has 4 fully saturated rings. The van der Waals surface area contributed by atoms with Gasteiger partial charge in [-0.1, -0.05) is 0 Å². The summed E-state index contributed by atoms with van der Waals surface area (Å²) in [5.74, 6) is -1.42. The lowest BCUT2D eigenvalue weighted by Crippen LogP contribution is -2.59. The highest BCUT2D eigenvalue weighted by Crippen LogP contribution is 2.54. The number of hydrogen-bond donors (Lipinski definition) is 3. The standard InChI is InChI=1S/C41H50N2O11/c1-16-11-22-30(37-28(16)24(44)14-27(53-37)41(6)39(54-41)36-18(3)52-36)35(48)31-29(34(22)47)20(25-13-23(42(7)8)32(45)17(2)50-25)12-21(33(31)46)26-15-40(5,43(9)10)38(49)19(4)51-26/h11-12,14,17-19,23,25-26,32,36,38-39,45-46,49H,13,15H2,1-10H3/t17-,18+,19-,23-,25-,26-,32-,36-,38-,39+,40+,41+/m1/s1. The van der Waals surface area contributed by atoms with Crippen LogP contribution in [0.15, 0.2) is 27.4 Å². The number of aryl methyl sites for hydroxylation is 1. The third kappa shape index (κ3) is 5.38. The van der Waals surface area contributed by atoms with E-state index in [0.29, 0.717) is 11.1 Å². The van der Waals surface area contributed by atoms with Gasteiger partial charge in [-0.25, -0.2) is 0 Å². The summed E-state index contributed by atoms with van der Waals surface area (Å²) in [6.07, 6.45) is -4.44. The molecule has 1 aliphatic carbocycles. The minimum atomic E-state index is -0.970. The van der Waals surface area contributed by atoms with Crippen LogP contribution in [0.4, 0.5) is 0 Å². The molecule has 2 aromatic carbocycles. The number of phenolic OH excluding ortho intramolecular Hbond substituents is 1. The quantitative estimate of drug-likeness (QED) is 0.244. The first-order valence-electron chi connectivity index (χ1n) is 18.7. The van der Waals surface area contributed by atoms with Crippen molar-refractivity contribution in [3.63, 3.8) is 0 Å². The minimum Gasteiger partial charge on any atom is -0.507 e. The molecule has 3 aromatic rings. The number of likely N-dealkylation sites (N-methyl/N-ethyl adjacent to an activating group) is 2. The Morgan fingerprint density at radius 2 is 1.48 bits per heavy atom. The van der Waals surface area contributed by atoms with Crippen LogP contribution in [0.5, 0.6) is 5.75 Å². The summed E-state index contributed by atoms with van der Waals surface area (Å²) >= 11 is 0. The molecular weight excluding hydrogens is 696 g/mol. The van der Waals surface area contributed by atoms with Gasteiger partial charge in [0.2, 0.25) is 5.78 Å². The number of ether oxygens (including phenoxy) is 4. The van der Waals surface area contributed by atoms with Crippen LogP contribution < -0.4 is 5.43 Å². The van der Waals surface area contributed by atoms with E-state index < -0.39 is 65.1 Å². The average Bonchev–Trinajstić information content (AvgIpc) is 4.01. The molecule has 5 heterocycles. The third-order valence-electron chi connectivity index (χ3n) is 13.0. The normalized spacial score (nSPS) is 37.5. The lowest BCUT2D eigenvalue weighted by molar-refractivity contribution is -0.176. The Kier molecular flexibility index (Phi) is 8.65. The zero-order chi connectivity index (χ0) is 39.1. The molecule has 13 nitrogen and oxygen atoms in total. The highest BCUT2D eigenvalue weighted by molar-refractivity contribution is 6.33. The fourth-order valence-electron chi connectivity index (χ4n) is 9.24. The fraction of sp³-hybridized carbons (Fsp3) is 0.585. The number of hydrogen-bond acceptors (Lipinski definition) is 13. The van der Waals surface area contributed by atoms with Gasteiger partial charge in [0.05, 0.1) is 59.2 Å². The summed E-state index contributed by atoms with van der Waals surface area (Å²) in [6, 6.07) is 4.26. The third-order valence-corrected chi connectivity index (χ3v) is 13.0. The largest absolute Gasteiger partial charge is 0.507 e. The molecule has 290 valence electrons. The van der Waals surface area contributed by atoms with Crippen LogP contribution in [0.2, 0.25) is 0 Å². The molecule has 3 N–H and O–H groups in total. The highest BCUT2D eigenvalue weighted by atomic mass is 16.7. The van der Waals surface area contributed by atoms with Crippen LogP contribution >= 0.6 is 0 Å². The number of aliphatic hydroxyl groups is 2.